The van der Waals surface area contributed by atoms with Gasteiger partial charge in [-0.2, -0.15) is 10.1 Å². The number of H-pyrrole nitrogens is 1. The zero-order valence-electron chi connectivity index (χ0n) is 10.1. The highest BCUT2D eigenvalue weighted by molar-refractivity contribution is 6.03. The van der Waals surface area contributed by atoms with Crippen molar-refractivity contribution in [1.29, 1.82) is 0 Å². The normalized spacial score (nSPS) is 10.8. The second-order valence-electron chi connectivity index (χ2n) is 4.17. The van der Waals surface area contributed by atoms with Crippen molar-refractivity contribution in [3.63, 3.8) is 0 Å². The van der Waals surface area contributed by atoms with Crippen molar-refractivity contribution >= 4 is 33.7 Å². The van der Waals surface area contributed by atoms with Gasteiger partial charge in [0, 0.05) is 16.6 Å². The first kappa shape index (κ1) is 10.6. The predicted octanol–water partition coefficient (Wildman–Crippen LogP) is 2.31. The van der Waals surface area contributed by atoms with Gasteiger partial charge in [-0.15, -0.1) is 10.2 Å². The van der Waals surface area contributed by atoms with E-state index in [1.807, 2.05) is 38.1 Å². The van der Waals surface area contributed by atoms with Crippen LogP contribution >= 0.6 is 0 Å². The maximum Gasteiger partial charge on any atom is 0.265 e. The fraction of sp³-hybridized carbons (Fsp3) is 0.167. The van der Waals surface area contributed by atoms with Crippen LogP contribution < -0.4 is 5.43 Å². The number of anilines is 1. The molecule has 3 aromatic rings. The quantitative estimate of drug-likeness (QED) is 0.532. The molecule has 90 valence electrons. The minimum atomic E-state index is 0.384. The van der Waals surface area contributed by atoms with E-state index in [1.54, 1.807) is 0 Å². The first-order valence-electron chi connectivity index (χ1n) is 5.62. The van der Waals surface area contributed by atoms with Crippen molar-refractivity contribution in [1.82, 2.24) is 20.2 Å². The molecule has 2 aromatic heterocycles. The minimum absolute atomic E-state index is 0.384. The molecule has 0 aliphatic rings. The van der Waals surface area contributed by atoms with Crippen LogP contribution in [0.4, 0.5) is 5.95 Å². The number of hydrogen-bond acceptors (Lipinski definition) is 5. The second-order valence-corrected chi connectivity index (χ2v) is 4.17. The molecular formula is C12H12N6. The van der Waals surface area contributed by atoms with Crippen LogP contribution in [0.5, 0.6) is 0 Å². The molecule has 0 spiro atoms. The SMILES string of the molecule is CC(C)=NNc1nnc2c(n1)[nH]c1ccccc12. The van der Waals surface area contributed by atoms with Gasteiger partial charge in [0.15, 0.2) is 5.65 Å². The highest BCUT2D eigenvalue weighted by Gasteiger charge is 2.07. The van der Waals surface area contributed by atoms with Gasteiger partial charge in [-0.3, -0.25) is 0 Å². The lowest BCUT2D eigenvalue weighted by Crippen LogP contribution is -2.00. The Labute approximate surface area is 103 Å². The largest absolute Gasteiger partial charge is 0.338 e. The Hall–Kier alpha value is -2.50. The average molecular weight is 240 g/mol. The van der Waals surface area contributed by atoms with Crippen molar-refractivity contribution in [2.75, 3.05) is 5.43 Å². The lowest BCUT2D eigenvalue weighted by Gasteiger charge is -1.97. The van der Waals surface area contributed by atoms with E-state index in [9.17, 15) is 0 Å². The van der Waals surface area contributed by atoms with Crippen molar-refractivity contribution < 1.29 is 0 Å². The molecule has 0 aliphatic heterocycles. The molecule has 0 radical (unpaired) electrons. The van der Waals surface area contributed by atoms with E-state index in [2.05, 4.69) is 30.7 Å². The molecule has 0 bridgehead atoms. The molecule has 18 heavy (non-hydrogen) atoms. The van der Waals surface area contributed by atoms with Gasteiger partial charge in [0.1, 0.15) is 5.52 Å². The molecule has 0 fully saturated rings. The summed E-state index contributed by atoms with van der Waals surface area (Å²) in [6.45, 7) is 3.78. The van der Waals surface area contributed by atoms with E-state index in [0.29, 0.717) is 11.6 Å². The third-order valence-corrected chi connectivity index (χ3v) is 2.50. The molecule has 0 atom stereocenters. The minimum Gasteiger partial charge on any atom is -0.338 e. The molecule has 2 N–H and O–H groups in total. The van der Waals surface area contributed by atoms with Gasteiger partial charge in [0.05, 0.1) is 0 Å². The summed E-state index contributed by atoms with van der Waals surface area (Å²) < 4.78 is 0. The summed E-state index contributed by atoms with van der Waals surface area (Å²) in [6.07, 6.45) is 0. The maximum absolute atomic E-state index is 4.34. The highest BCUT2D eigenvalue weighted by atomic mass is 15.4. The molecule has 6 nitrogen and oxygen atoms in total. The summed E-state index contributed by atoms with van der Waals surface area (Å²) in [5, 5.41) is 13.2. The van der Waals surface area contributed by atoms with Gasteiger partial charge in [-0.05, 0) is 19.9 Å². The first-order chi connectivity index (χ1) is 8.74. The van der Waals surface area contributed by atoms with E-state index >= 15 is 0 Å². The van der Waals surface area contributed by atoms with Crippen molar-refractivity contribution in [3.8, 4) is 0 Å². The molecule has 0 saturated carbocycles. The Morgan fingerprint density at radius 2 is 2.06 bits per heavy atom. The fourth-order valence-corrected chi connectivity index (χ4v) is 1.73. The van der Waals surface area contributed by atoms with Gasteiger partial charge in [0.2, 0.25) is 0 Å². The van der Waals surface area contributed by atoms with Gasteiger partial charge in [0.25, 0.3) is 5.95 Å². The molecule has 0 unspecified atom stereocenters. The number of nitrogens with zero attached hydrogens (tertiary/aromatic N) is 4. The number of nitrogens with one attached hydrogen (secondary N) is 2. The van der Waals surface area contributed by atoms with Crippen molar-refractivity contribution in [2.45, 2.75) is 13.8 Å². The Kier molecular flexibility index (Phi) is 2.40. The molecule has 3 rings (SSSR count). The summed E-state index contributed by atoms with van der Waals surface area (Å²) in [7, 11) is 0. The van der Waals surface area contributed by atoms with Gasteiger partial charge in [-0.25, -0.2) is 5.43 Å². The maximum atomic E-state index is 4.34. The molecule has 6 heteroatoms. The smallest absolute Gasteiger partial charge is 0.265 e. The molecular weight excluding hydrogens is 228 g/mol. The van der Waals surface area contributed by atoms with E-state index in [4.69, 9.17) is 0 Å². The number of fused-ring (bicyclic) bond motifs is 3. The molecule has 0 amide bonds. The van der Waals surface area contributed by atoms with E-state index < -0.39 is 0 Å². The lowest BCUT2D eigenvalue weighted by molar-refractivity contribution is 1.01. The zero-order chi connectivity index (χ0) is 12.5. The number of aromatic nitrogens is 4. The number of hydrazone groups is 1. The summed E-state index contributed by atoms with van der Waals surface area (Å²) in [6, 6.07) is 7.91. The highest BCUT2D eigenvalue weighted by Crippen LogP contribution is 2.21. The number of benzene rings is 1. The van der Waals surface area contributed by atoms with Crippen LogP contribution in [-0.2, 0) is 0 Å². The molecule has 0 saturated heterocycles. The van der Waals surface area contributed by atoms with E-state index in [0.717, 1.165) is 22.1 Å². The monoisotopic (exact) mass is 240 g/mol. The topological polar surface area (TPSA) is 78.8 Å². The number of para-hydroxylation sites is 1. The second kappa shape index (κ2) is 4.06. The summed E-state index contributed by atoms with van der Waals surface area (Å²) in [5.74, 6) is 0.384. The first-order valence-corrected chi connectivity index (χ1v) is 5.62. The van der Waals surface area contributed by atoms with Gasteiger partial charge < -0.3 is 4.98 Å². The Morgan fingerprint density at radius 1 is 1.22 bits per heavy atom. The van der Waals surface area contributed by atoms with E-state index in [-0.39, 0.29) is 0 Å². The van der Waals surface area contributed by atoms with E-state index in [1.165, 1.54) is 0 Å². The summed E-state index contributed by atoms with van der Waals surface area (Å²) >= 11 is 0. The zero-order valence-corrected chi connectivity index (χ0v) is 10.1. The van der Waals surface area contributed by atoms with Crippen LogP contribution in [0, 0.1) is 0 Å². The van der Waals surface area contributed by atoms with Crippen LogP contribution in [0.2, 0.25) is 0 Å². The standard InChI is InChI=1S/C12H12N6/c1-7(2)15-17-12-14-11-10(16-18-12)8-5-3-4-6-9(8)13-11/h3-6H,1-2H3,(H2,13,14,17,18). The predicted molar refractivity (Wildman–Crippen MR) is 71.6 cm³/mol. The van der Waals surface area contributed by atoms with Gasteiger partial charge >= 0.3 is 0 Å². The van der Waals surface area contributed by atoms with Crippen LogP contribution in [0.25, 0.3) is 22.1 Å². The number of rotatable bonds is 2. The average Bonchev–Trinajstić information content (AvgIpc) is 2.73. The Morgan fingerprint density at radius 3 is 2.89 bits per heavy atom. The Balaban J connectivity index is 2.12. The Bertz CT molecular complexity index is 738. The summed E-state index contributed by atoms with van der Waals surface area (Å²) in [5.41, 5.74) is 6.14. The third kappa shape index (κ3) is 1.77. The van der Waals surface area contributed by atoms with Crippen LogP contribution in [0.1, 0.15) is 13.8 Å². The molecule has 1 aromatic carbocycles. The van der Waals surface area contributed by atoms with Crippen LogP contribution in [-0.4, -0.2) is 25.9 Å². The number of hydrogen-bond donors (Lipinski definition) is 2. The van der Waals surface area contributed by atoms with Crippen LogP contribution in [0.15, 0.2) is 29.4 Å². The van der Waals surface area contributed by atoms with Crippen molar-refractivity contribution in [2.24, 2.45) is 5.10 Å². The lowest BCUT2D eigenvalue weighted by atomic mass is 10.2. The van der Waals surface area contributed by atoms with Crippen molar-refractivity contribution in [3.05, 3.63) is 24.3 Å². The summed E-state index contributed by atoms with van der Waals surface area (Å²) in [4.78, 5) is 7.54. The molecule has 2 heterocycles. The van der Waals surface area contributed by atoms with Gasteiger partial charge in [-0.1, -0.05) is 18.2 Å². The van der Waals surface area contributed by atoms with Crippen LogP contribution in [0.3, 0.4) is 0 Å². The fourth-order valence-electron chi connectivity index (χ4n) is 1.73. The number of aromatic amines is 1. The third-order valence-electron chi connectivity index (χ3n) is 2.50. The molecule has 0 aliphatic carbocycles.